The summed E-state index contributed by atoms with van der Waals surface area (Å²) in [6, 6.07) is 6.66. The number of anilines is 1. The second kappa shape index (κ2) is 5.45. The molecule has 2 aromatic rings. The Kier molecular flexibility index (Phi) is 3.69. The van der Waals surface area contributed by atoms with E-state index in [1.807, 2.05) is 12.1 Å². The quantitative estimate of drug-likeness (QED) is 0.892. The highest BCUT2D eigenvalue weighted by molar-refractivity contribution is 9.10. The van der Waals surface area contributed by atoms with Gasteiger partial charge in [-0.25, -0.2) is 9.97 Å². The second-order valence-corrected chi connectivity index (χ2v) is 6.31. The van der Waals surface area contributed by atoms with Gasteiger partial charge in [-0.05, 0) is 37.0 Å². The van der Waals surface area contributed by atoms with Gasteiger partial charge in [0.15, 0.2) is 0 Å². The van der Waals surface area contributed by atoms with E-state index in [2.05, 4.69) is 44.2 Å². The minimum absolute atomic E-state index is 0.533. The average Bonchev–Trinajstić information content (AvgIpc) is 2.42. The Morgan fingerprint density at radius 2 is 2.05 bits per heavy atom. The van der Waals surface area contributed by atoms with Crippen molar-refractivity contribution in [2.75, 3.05) is 5.32 Å². The summed E-state index contributed by atoms with van der Waals surface area (Å²) in [6.45, 7) is 2.33. The van der Waals surface area contributed by atoms with Gasteiger partial charge in [0.1, 0.15) is 12.1 Å². The summed E-state index contributed by atoms with van der Waals surface area (Å²) in [5.74, 6) is 1.68. The summed E-state index contributed by atoms with van der Waals surface area (Å²) in [5, 5.41) is 4.72. The van der Waals surface area contributed by atoms with Crippen LogP contribution in [-0.4, -0.2) is 16.0 Å². The summed E-state index contributed by atoms with van der Waals surface area (Å²) in [6.07, 6.45) is 6.86. The molecule has 4 heteroatoms. The molecule has 1 fully saturated rings. The Labute approximate surface area is 122 Å². The summed E-state index contributed by atoms with van der Waals surface area (Å²) >= 11 is 3.52. The highest BCUT2D eigenvalue weighted by Crippen LogP contribution is 2.29. The van der Waals surface area contributed by atoms with E-state index < -0.39 is 0 Å². The number of fused-ring (bicyclic) bond motifs is 1. The zero-order valence-electron chi connectivity index (χ0n) is 11.1. The molecule has 100 valence electrons. The van der Waals surface area contributed by atoms with Crippen LogP contribution in [0.5, 0.6) is 0 Å². The molecular formula is C15H18BrN3. The van der Waals surface area contributed by atoms with Gasteiger partial charge in [0.2, 0.25) is 0 Å². The molecule has 1 saturated carbocycles. The third-order valence-corrected chi connectivity index (χ3v) is 4.52. The van der Waals surface area contributed by atoms with Gasteiger partial charge in [0.25, 0.3) is 0 Å². The second-order valence-electron chi connectivity index (χ2n) is 5.40. The fourth-order valence-corrected chi connectivity index (χ4v) is 3.21. The van der Waals surface area contributed by atoms with Crippen LogP contribution in [0.1, 0.15) is 32.6 Å². The molecule has 1 heterocycles. The molecule has 2 atom stereocenters. The Morgan fingerprint density at radius 3 is 2.89 bits per heavy atom. The van der Waals surface area contributed by atoms with E-state index in [-0.39, 0.29) is 0 Å². The monoisotopic (exact) mass is 319 g/mol. The lowest BCUT2D eigenvalue weighted by Crippen LogP contribution is -2.30. The van der Waals surface area contributed by atoms with Crippen LogP contribution < -0.4 is 5.32 Å². The first-order chi connectivity index (χ1) is 9.24. The first-order valence-electron chi connectivity index (χ1n) is 6.91. The Bertz CT molecular complexity index is 585. The minimum Gasteiger partial charge on any atom is -0.366 e. The van der Waals surface area contributed by atoms with Gasteiger partial charge in [0.05, 0.1) is 5.52 Å². The SMILES string of the molecule is CC1CCCCC1Nc1ncnc2ccc(Br)cc12. The van der Waals surface area contributed by atoms with Crippen LogP contribution in [0.2, 0.25) is 0 Å². The van der Waals surface area contributed by atoms with Gasteiger partial charge in [-0.15, -0.1) is 0 Å². The van der Waals surface area contributed by atoms with E-state index >= 15 is 0 Å². The van der Waals surface area contributed by atoms with Gasteiger partial charge in [-0.3, -0.25) is 0 Å². The topological polar surface area (TPSA) is 37.8 Å². The van der Waals surface area contributed by atoms with Crippen LogP contribution in [0.4, 0.5) is 5.82 Å². The number of nitrogens with one attached hydrogen (secondary N) is 1. The standard InChI is InChI=1S/C15H18BrN3/c1-10-4-2-3-5-13(10)19-15-12-8-11(16)6-7-14(12)17-9-18-15/h6-10,13H,2-5H2,1H3,(H,17,18,19). The highest BCUT2D eigenvalue weighted by Gasteiger charge is 2.22. The molecule has 0 bridgehead atoms. The highest BCUT2D eigenvalue weighted by atomic mass is 79.9. The zero-order valence-corrected chi connectivity index (χ0v) is 12.7. The van der Waals surface area contributed by atoms with Crippen LogP contribution >= 0.6 is 15.9 Å². The zero-order chi connectivity index (χ0) is 13.2. The molecule has 2 unspecified atom stereocenters. The van der Waals surface area contributed by atoms with Crippen molar-refractivity contribution in [1.29, 1.82) is 0 Å². The molecule has 0 aliphatic heterocycles. The Hall–Kier alpha value is -1.16. The third-order valence-electron chi connectivity index (χ3n) is 4.03. The maximum Gasteiger partial charge on any atom is 0.137 e. The van der Waals surface area contributed by atoms with Crippen molar-refractivity contribution in [3.05, 3.63) is 29.0 Å². The number of hydrogen-bond donors (Lipinski definition) is 1. The summed E-state index contributed by atoms with van der Waals surface area (Å²) < 4.78 is 1.06. The summed E-state index contributed by atoms with van der Waals surface area (Å²) in [4.78, 5) is 8.76. The normalized spacial score (nSPS) is 23.5. The lowest BCUT2D eigenvalue weighted by atomic mass is 9.86. The van der Waals surface area contributed by atoms with Crippen molar-refractivity contribution in [2.24, 2.45) is 5.92 Å². The van der Waals surface area contributed by atoms with Crippen LogP contribution in [0.25, 0.3) is 10.9 Å². The molecular weight excluding hydrogens is 302 g/mol. The molecule has 1 aliphatic carbocycles. The van der Waals surface area contributed by atoms with Gasteiger partial charge in [-0.2, -0.15) is 0 Å². The van der Waals surface area contributed by atoms with Crippen molar-refractivity contribution in [1.82, 2.24) is 9.97 Å². The smallest absolute Gasteiger partial charge is 0.137 e. The minimum atomic E-state index is 0.533. The molecule has 19 heavy (non-hydrogen) atoms. The lowest BCUT2D eigenvalue weighted by molar-refractivity contribution is 0.349. The lowest BCUT2D eigenvalue weighted by Gasteiger charge is -2.30. The molecule has 1 aromatic heterocycles. The van der Waals surface area contributed by atoms with Crippen molar-refractivity contribution in [3.8, 4) is 0 Å². The van der Waals surface area contributed by atoms with Crippen molar-refractivity contribution >= 4 is 32.7 Å². The summed E-state index contributed by atoms with van der Waals surface area (Å²) in [7, 11) is 0. The number of aromatic nitrogens is 2. The number of halogens is 1. The number of benzene rings is 1. The largest absolute Gasteiger partial charge is 0.366 e. The molecule has 3 rings (SSSR count). The van der Waals surface area contributed by atoms with Gasteiger partial charge in [0, 0.05) is 15.9 Å². The molecule has 1 aliphatic rings. The van der Waals surface area contributed by atoms with E-state index in [1.165, 1.54) is 25.7 Å². The van der Waals surface area contributed by atoms with Crippen LogP contribution in [0.3, 0.4) is 0 Å². The summed E-state index contributed by atoms with van der Waals surface area (Å²) in [5.41, 5.74) is 0.990. The number of hydrogen-bond acceptors (Lipinski definition) is 3. The Morgan fingerprint density at radius 1 is 1.21 bits per heavy atom. The molecule has 0 spiro atoms. The van der Waals surface area contributed by atoms with Crippen LogP contribution in [0, 0.1) is 5.92 Å². The van der Waals surface area contributed by atoms with Gasteiger partial charge >= 0.3 is 0 Å². The Balaban J connectivity index is 1.93. The molecule has 0 amide bonds. The van der Waals surface area contributed by atoms with Crippen molar-refractivity contribution in [3.63, 3.8) is 0 Å². The van der Waals surface area contributed by atoms with Crippen molar-refractivity contribution in [2.45, 2.75) is 38.6 Å². The number of rotatable bonds is 2. The third kappa shape index (κ3) is 2.73. The molecule has 0 radical (unpaired) electrons. The fourth-order valence-electron chi connectivity index (χ4n) is 2.85. The van der Waals surface area contributed by atoms with E-state index in [0.29, 0.717) is 12.0 Å². The van der Waals surface area contributed by atoms with E-state index in [9.17, 15) is 0 Å². The van der Waals surface area contributed by atoms with Crippen molar-refractivity contribution < 1.29 is 0 Å². The number of nitrogens with zero attached hydrogens (tertiary/aromatic N) is 2. The maximum absolute atomic E-state index is 4.43. The first kappa shape index (κ1) is 12.9. The van der Waals surface area contributed by atoms with E-state index in [0.717, 1.165) is 21.2 Å². The molecule has 1 aromatic carbocycles. The molecule has 0 saturated heterocycles. The van der Waals surface area contributed by atoms with Gasteiger partial charge in [-0.1, -0.05) is 35.7 Å². The first-order valence-corrected chi connectivity index (χ1v) is 7.70. The predicted molar refractivity (Wildman–Crippen MR) is 82.3 cm³/mol. The van der Waals surface area contributed by atoms with Gasteiger partial charge < -0.3 is 5.32 Å². The maximum atomic E-state index is 4.43. The average molecular weight is 320 g/mol. The molecule has 1 N–H and O–H groups in total. The van der Waals surface area contributed by atoms with E-state index in [4.69, 9.17) is 0 Å². The van der Waals surface area contributed by atoms with Crippen LogP contribution in [-0.2, 0) is 0 Å². The van der Waals surface area contributed by atoms with E-state index in [1.54, 1.807) is 6.33 Å². The van der Waals surface area contributed by atoms with Crippen LogP contribution in [0.15, 0.2) is 29.0 Å². The molecule has 3 nitrogen and oxygen atoms in total. The predicted octanol–water partition coefficient (Wildman–Crippen LogP) is 4.38. The fraction of sp³-hybridized carbons (Fsp3) is 0.467.